The number of rotatable bonds is 8. The molecule has 0 saturated carbocycles. The third-order valence-corrected chi connectivity index (χ3v) is 7.72. The van der Waals surface area contributed by atoms with Gasteiger partial charge < -0.3 is 10.1 Å². The van der Waals surface area contributed by atoms with Crippen LogP contribution in [0.3, 0.4) is 0 Å². The topological polar surface area (TPSA) is 93.5 Å². The zero-order valence-electron chi connectivity index (χ0n) is 22.3. The van der Waals surface area contributed by atoms with Crippen molar-refractivity contribution in [3.8, 4) is 5.69 Å². The maximum Gasteiger partial charge on any atom is 0.339 e. The summed E-state index contributed by atoms with van der Waals surface area (Å²) in [4.78, 5) is 42.9. The Labute approximate surface area is 235 Å². The molecule has 8 nitrogen and oxygen atoms in total. The fourth-order valence-corrected chi connectivity index (χ4v) is 5.65. The number of aryl methyl sites for hydroxylation is 1. The highest BCUT2D eigenvalue weighted by molar-refractivity contribution is 7.20. The molecule has 0 bridgehead atoms. The zero-order chi connectivity index (χ0) is 28.2. The molecule has 0 aliphatic heterocycles. The van der Waals surface area contributed by atoms with Crippen LogP contribution in [-0.2, 0) is 16.1 Å². The predicted octanol–water partition coefficient (Wildman–Crippen LogP) is 5.53. The Morgan fingerprint density at radius 1 is 0.975 bits per heavy atom. The predicted molar refractivity (Wildman–Crippen MR) is 156 cm³/mol. The number of aromatic nitrogens is 2. The highest BCUT2D eigenvalue weighted by atomic mass is 32.1. The van der Waals surface area contributed by atoms with Gasteiger partial charge >= 0.3 is 5.97 Å². The maximum atomic E-state index is 14.2. The molecular formula is C31H28N4O4S. The van der Waals surface area contributed by atoms with Crippen LogP contribution in [0.15, 0.2) is 91.0 Å². The number of benzene rings is 3. The minimum Gasteiger partial charge on any atom is -0.465 e. The Morgan fingerprint density at radius 2 is 1.62 bits per heavy atom. The number of amides is 2. The number of nitrogens with zero attached hydrogens (tertiary/aromatic N) is 3. The van der Waals surface area contributed by atoms with E-state index >= 15 is 0 Å². The number of esters is 1. The number of hydrogen-bond donors (Lipinski definition) is 1. The summed E-state index contributed by atoms with van der Waals surface area (Å²) < 4.78 is 6.80. The first-order valence-electron chi connectivity index (χ1n) is 12.8. The molecule has 5 aromatic rings. The summed E-state index contributed by atoms with van der Waals surface area (Å²) in [5.41, 5.74) is 3.07. The van der Waals surface area contributed by atoms with Gasteiger partial charge in [0.15, 0.2) is 0 Å². The minimum atomic E-state index is -0.932. The summed E-state index contributed by atoms with van der Waals surface area (Å²) >= 11 is 1.29. The van der Waals surface area contributed by atoms with E-state index < -0.39 is 17.9 Å². The Hall–Kier alpha value is -4.76. The standard InChI is InChI=1S/C31H28N4O4S/c1-20-25-18-27(40-30(25)35(33-20)23-14-8-5-9-15-23)29(37)34(26-17-11-10-16-24(26)31(38)39-3)21(2)28(36)32-19-22-12-6-4-7-13-22/h4-18,21H,19H2,1-3H3,(H,32,36)/t21-/m0/s1. The Morgan fingerprint density at radius 3 is 2.33 bits per heavy atom. The summed E-state index contributed by atoms with van der Waals surface area (Å²) in [6.07, 6.45) is 0. The van der Waals surface area contributed by atoms with E-state index in [1.54, 1.807) is 37.3 Å². The SMILES string of the molecule is COC(=O)c1ccccc1N(C(=O)c1cc2c(C)nn(-c3ccccc3)c2s1)[C@@H](C)C(=O)NCc1ccccc1. The van der Waals surface area contributed by atoms with Gasteiger partial charge in [-0.1, -0.05) is 60.7 Å². The molecule has 9 heteroatoms. The Balaban J connectivity index is 1.55. The largest absolute Gasteiger partial charge is 0.465 e. The fourth-order valence-electron chi connectivity index (χ4n) is 4.53. The lowest BCUT2D eigenvalue weighted by Gasteiger charge is -2.29. The molecule has 1 atom stereocenters. The van der Waals surface area contributed by atoms with E-state index in [-0.39, 0.29) is 11.5 Å². The first-order chi connectivity index (χ1) is 19.4. The number of carbonyl (C=O) groups is 3. The van der Waals surface area contributed by atoms with Gasteiger partial charge in [0, 0.05) is 11.9 Å². The van der Waals surface area contributed by atoms with E-state index in [0.717, 1.165) is 27.2 Å². The van der Waals surface area contributed by atoms with Gasteiger partial charge in [0.2, 0.25) is 5.91 Å². The summed E-state index contributed by atoms with van der Waals surface area (Å²) in [5.74, 6) is -1.36. The van der Waals surface area contributed by atoms with Crippen LogP contribution in [0.4, 0.5) is 5.69 Å². The summed E-state index contributed by atoms with van der Waals surface area (Å²) in [6.45, 7) is 3.85. The molecule has 0 aliphatic carbocycles. The van der Waals surface area contributed by atoms with E-state index in [2.05, 4.69) is 10.4 Å². The van der Waals surface area contributed by atoms with Crippen LogP contribution in [0.25, 0.3) is 15.9 Å². The molecule has 0 aliphatic rings. The molecule has 0 unspecified atom stereocenters. The normalized spacial score (nSPS) is 11.7. The first kappa shape index (κ1) is 26.8. The van der Waals surface area contributed by atoms with Crippen molar-refractivity contribution in [3.05, 3.63) is 113 Å². The van der Waals surface area contributed by atoms with Gasteiger partial charge in [0.25, 0.3) is 5.91 Å². The van der Waals surface area contributed by atoms with Gasteiger partial charge in [0.1, 0.15) is 10.9 Å². The summed E-state index contributed by atoms with van der Waals surface area (Å²) in [6, 6.07) is 26.7. The lowest BCUT2D eigenvalue weighted by molar-refractivity contribution is -0.122. The Bertz CT molecular complexity index is 1680. The van der Waals surface area contributed by atoms with Crippen molar-refractivity contribution in [1.82, 2.24) is 15.1 Å². The molecule has 2 heterocycles. The van der Waals surface area contributed by atoms with Gasteiger partial charge in [-0.05, 0) is 49.7 Å². The van der Waals surface area contributed by atoms with Crippen LogP contribution in [0.5, 0.6) is 0 Å². The quantitative estimate of drug-likeness (QED) is 0.255. The third-order valence-electron chi connectivity index (χ3n) is 6.62. The average molecular weight is 553 g/mol. The lowest BCUT2D eigenvalue weighted by atomic mass is 10.1. The smallest absolute Gasteiger partial charge is 0.339 e. The minimum absolute atomic E-state index is 0.189. The van der Waals surface area contributed by atoms with Crippen molar-refractivity contribution < 1.29 is 19.1 Å². The number of fused-ring (bicyclic) bond motifs is 1. The zero-order valence-corrected chi connectivity index (χ0v) is 23.1. The highest BCUT2D eigenvalue weighted by Crippen LogP contribution is 2.33. The lowest BCUT2D eigenvalue weighted by Crippen LogP contribution is -2.48. The van der Waals surface area contributed by atoms with Gasteiger partial charge in [-0.2, -0.15) is 5.10 Å². The van der Waals surface area contributed by atoms with Crippen molar-refractivity contribution >= 4 is 45.0 Å². The number of anilines is 1. The van der Waals surface area contributed by atoms with Crippen LogP contribution < -0.4 is 10.2 Å². The number of carbonyl (C=O) groups excluding carboxylic acids is 3. The second-order valence-corrected chi connectivity index (χ2v) is 10.3. The second-order valence-electron chi connectivity index (χ2n) is 9.23. The molecule has 0 fully saturated rings. The fraction of sp³-hybridized carbons (Fsp3) is 0.161. The van der Waals surface area contributed by atoms with Crippen molar-refractivity contribution in [3.63, 3.8) is 0 Å². The monoisotopic (exact) mass is 552 g/mol. The molecule has 0 spiro atoms. The first-order valence-corrected chi connectivity index (χ1v) is 13.6. The molecular weight excluding hydrogens is 524 g/mol. The van der Waals surface area contributed by atoms with E-state index in [1.807, 2.05) is 72.3 Å². The second kappa shape index (κ2) is 11.5. The van der Waals surface area contributed by atoms with Crippen LogP contribution in [0, 0.1) is 6.92 Å². The molecule has 3 aromatic carbocycles. The summed E-state index contributed by atoms with van der Waals surface area (Å²) in [5, 5.41) is 8.43. The van der Waals surface area contributed by atoms with E-state index in [4.69, 9.17) is 4.74 Å². The van der Waals surface area contributed by atoms with Crippen molar-refractivity contribution in [1.29, 1.82) is 0 Å². The molecule has 2 amide bonds. The van der Waals surface area contributed by atoms with Gasteiger partial charge in [-0.25, -0.2) is 9.48 Å². The van der Waals surface area contributed by atoms with Gasteiger partial charge in [-0.3, -0.25) is 14.5 Å². The molecule has 5 rings (SSSR count). The van der Waals surface area contributed by atoms with Crippen LogP contribution in [-0.4, -0.2) is 40.7 Å². The molecule has 1 N–H and O–H groups in total. The third kappa shape index (κ3) is 5.23. The van der Waals surface area contributed by atoms with Crippen LogP contribution >= 0.6 is 11.3 Å². The molecule has 202 valence electrons. The number of ether oxygens (including phenoxy) is 1. The van der Waals surface area contributed by atoms with E-state index in [1.165, 1.54) is 23.3 Å². The number of para-hydroxylation sites is 2. The van der Waals surface area contributed by atoms with E-state index in [9.17, 15) is 14.4 Å². The number of methoxy groups -OCH3 is 1. The van der Waals surface area contributed by atoms with Crippen LogP contribution in [0.1, 0.15) is 38.2 Å². The Kier molecular flexibility index (Phi) is 7.75. The molecule has 0 radical (unpaired) electrons. The van der Waals surface area contributed by atoms with Crippen molar-refractivity contribution in [2.45, 2.75) is 26.4 Å². The summed E-state index contributed by atoms with van der Waals surface area (Å²) in [7, 11) is 1.28. The molecule has 2 aromatic heterocycles. The molecule has 0 saturated heterocycles. The van der Waals surface area contributed by atoms with Crippen molar-refractivity contribution in [2.75, 3.05) is 12.0 Å². The van der Waals surface area contributed by atoms with Crippen molar-refractivity contribution in [2.24, 2.45) is 0 Å². The number of thiophene rings is 1. The highest BCUT2D eigenvalue weighted by Gasteiger charge is 2.33. The van der Waals surface area contributed by atoms with E-state index in [0.29, 0.717) is 17.1 Å². The number of hydrogen-bond acceptors (Lipinski definition) is 6. The number of nitrogens with one attached hydrogen (secondary N) is 1. The van der Waals surface area contributed by atoms with Crippen LogP contribution in [0.2, 0.25) is 0 Å². The average Bonchev–Trinajstić information content (AvgIpc) is 3.57. The molecule has 40 heavy (non-hydrogen) atoms. The maximum absolute atomic E-state index is 14.2. The van der Waals surface area contributed by atoms with Gasteiger partial charge in [-0.15, -0.1) is 11.3 Å². The van der Waals surface area contributed by atoms with Gasteiger partial charge in [0.05, 0.1) is 34.6 Å².